The van der Waals surface area contributed by atoms with E-state index in [0.717, 1.165) is 0 Å². The van der Waals surface area contributed by atoms with Gasteiger partial charge in [-0.1, -0.05) is 22.6 Å². The molecule has 1 aromatic heterocycles. The largest absolute Gasteiger partial charge is 0.466 e. The third-order valence-corrected chi connectivity index (χ3v) is 2.27. The maximum atomic E-state index is 11.1. The fourth-order valence-corrected chi connectivity index (χ4v) is 1.36. The summed E-state index contributed by atoms with van der Waals surface area (Å²) in [4.78, 5) is 11.1. The van der Waals surface area contributed by atoms with Gasteiger partial charge < -0.3 is 9.15 Å². The summed E-state index contributed by atoms with van der Waals surface area (Å²) >= 11 is 2.10. The summed E-state index contributed by atoms with van der Waals surface area (Å²) in [5, 5.41) is 0. The highest BCUT2D eigenvalue weighted by molar-refractivity contribution is 14.1. The Morgan fingerprint density at radius 3 is 3.00 bits per heavy atom. The summed E-state index contributed by atoms with van der Waals surface area (Å²) in [7, 11) is 1.37. The quantitative estimate of drug-likeness (QED) is 0.371. The van der Waals surface area contributed by atoms with E-state index >= 15 is 0 Å². The number of rotatable bonds is 3. The zero-order valence-electron chi connectivity index (χ0n) is 7.12. The first-order valence-corrected chi connectivity index (χ1v) is 5.19. The van der Waals surface area contributed by atoms with Crippen LogP contribution < -0.4 is 0 Å². The molecule has 13 heavy (non-hydrogen) atoms. The van der Waals surface area contributed by atoms with Gasteiger partial charge in [0.1, 0.15) is 5.76 Å². The summed E-state index contributed by atoms with van der Waals surface area (Å²) < 4.78 is 10.3. The molecule has 0 N–H and O–H groups in total. The first kappa shape index (κ1) is 10.3. The number of furan rings is 1. The molecule has 0 saturated carbocycles. The van der Waals surface area contributed by atoms with Crippen LogP contribution in [0, 0.1) is 0 Å². The molecule has 0 spiro atoms. The van der Waals surface area contributed by atoms with Crippen LogP contribution in [0.3, 0.4) is 0 Å². The van der Waals surface area contributed by atoms with Crippen molar-refractivity contribution in [1.29, 1.82) is 0 Å². The van der Waals surface area contributed by atoms with Crippen LogP contribution in [-0.2, 0) is 9.53 Å². The van der Waals surface area contributed by atoms with Crippen LogP contribution >= 0.6 is 22.6 Å². The number of carbonyl (C=O) groups is 1. The molecule has 70 valence electrons. The van der Waals surface area contributed by atoms with E-state index in [1.165, 1.54) is 7.11 Å². The van der Waals surface area contributed by atoms with Crippen LogP contribution in [0.5, 0.6) is 0 Å². The second kappa shape index (κ2) is 5.06. The molecule has 4 heteroatoms. The molecule has 0 fully saturated rings. The number of ether oxygens (including phenoxy) is 1. The second-order valence-corrected chi connectivity index (χ2v) is 3.07. The Morgan fingerprint density at radius 2 is 2.54 bits per heavy atom. The molecule has 0 amide bonds. The van der Waals surface area contributed by atoms with Crippen LogP contribution in [0.4, 0.5) is 0 Å². The molecule has 0 unspecified atom stereocenters. The SMILES string of the molecule is COC(=O)/C(=C/c1ccco1)CI. The maximum absolute atomic E-state index is 11.1. The van der Waals surface area contributed by atoms with Crippen molar-refractivity contribution in [1.82, 2.24) is 0 Å². The van der Waals surface area contributed by atoms with E-state index in [2.05, 4.69) is 27.3 Å². The lowest BCUT2D eigenvalue weighted by Gasteiger charge is -1.99. The fourth-order valence-electron chi connectivity index (χ4n) is 0.828. The monoisotopic (exact) mass is 292 g/mol. The van der Waals surface area contributed by atoms with E-state index in [4.69, 9.17) is 4.42 Å². The zero-order chi connectivity index (χ0) is 9.68. The van der Waals surface area contributed by atoms with Gasteiger partial charge in [0, 0.05) is 4.43 Å². The van der Waals surface area contributed by atoms with E-state index in [0.29, 0.717) is 15.8 Å². The maximum Gasteiger partial charge on any atom is 0.334 e. The van der Waals surface area contributed by atoms with Crippen molar-refractivity contribution in [2.24, 2.45) is 0 Å². The van der Waals surface area contributed by atoms with Crippen LogP contribution in [0.15, 0.2) is 28.4 Å². The van der Waals surface area contributed by atoms with Crippen molar-refractivity contribution in [3.8, 4) is 0 Å². The predicted molar refractivity (Wildman–Crippen MR) is 57.6 cm³/mol. The first-order chi connectivity index (χ1) is 6.27. The van der Waals surface area contributed by atoms with Crippen LogP contribution in [-0.4, -0.2) is 17.5 Å². The Bertz CT molecular complexity index is 301. The number of hydrogen-bond acceptors (Lipinski definition) is 3. The third-order valence-electron chi connectivity index (χ3n) is 1.45. The molecule has 1 aromatic rings. The van der Waals surface area contributed by atoms with E-state index < -0.39 is 0 Å². The summed E-state index contributed by atoms with van der Waals surface area (Å²) in [6.45, 7) is 0. The molecule has 1 heterocycles. The number of carbonyl (C=O) groups excluding carboxylic acids is 1. The fraction of sp³-hybridized carbons (Fsp3) is 0.222. The first-order valence-electron chi connectivity index (χ1n) is 3.66. The number of esters is 1. The number of methoxy groups -OCH3 is 1. The Labute approximate surface area is 89.9 Å². The normalized spacial score (nSPS) is 11.4. The van der Waals surface area contributed by atoms with Gasteiger partial charge in [0.25, 0.3) is 0 Å². The molecule has 0 aromatic carbocycles. The average Bonchev–Trinajstić information content (AvgIpc) is 2.65. The van der Waals surface area contributed by atoms with E-state index in [-0.39, 0.29) is 5.97 Å². The van der Waals surface area contributed by atoms with Crippen molar-refractivity contribution in [2.75, 3.05) is 11.5 Å². The molecular formula is C9H9IO3. The molecule has 0 aliphatic rings. The molecule has 0 aliphatic carbocycles. The van der Waals surface area contributed by atoms with Crippen molar-refractivity contribution < 1.29 is 13.9 Å². The lowest BCUT2D eigenvalue weighted by atomic mass is 10.2. The van der Waals surface area contributed by atoms with Gasteiger partial charge in [-0.2, -0.15) is 0 Å². The lowest BCUT2D eigenvalue weighted by Crippen LogP contribution is -2.05. The van der Waals surface area contributed by atoms with Crippen molar-refractivity contribution in [2.45, 2.75) is 0 Å². The number of halogens is 1. The van der Waals surface area contributed by atoms with Crippen LogP contribution in [0.25, 0.3) is 6.08 Å². The number of hydrogen-bond donors (Lipinski definition) is 0. The standard InChI is InChI=1S/C9H9IO3/c1-12-9(11)7(6-10)5-8-3-2-4-13-8/h2-5H,6H2,1H3/b7-5+. The van der Waals surface area contributed by atoms with Crippen molar-refractivity contribution in [3.05, 3.63) is 29.7 Å². The molecular weight excluding hydrogens is 283 g/mol. The molecule has 0 saturated heterocycles. The summed E-state index contributed by atoms with van der Waals surface area (Å²) in [6.07, 6.45) is 3.24. The highest BCUT2D eigenvalue weighted by Crippen LogP contribution is 2.10. The van der Waals surface area contributed by atoms with Crippen LogP contribution in [0.1, 0.15) is 5.76 Å². The van der Waals surface area contributed by atoms with E-state index in [1.807, 2.05) is 0 Å². The molecule has 1 rings (SSSR count). The highest BCUT2D eigenvalue weighted by Gasteiger charge is 2.08. The molecule has 3 nitrogen and oxygen atoms in total. The predicted octanol–water partition coefficient (Wildman–Crippen LogP) is 2.27. The Balaban J connectivity index is 2.83. The van der Waals surface area contributed by atoms with E-state index in [1.54, 1.807) is 24.5 Å². The summed E-state index contributed by atoms with van der Waals surface area (Å²) in [5.41, 5.74) is 0.595. The minimum atomic E-state index is -0.314. The summed E-state index contributed by atoms with van der Waals surface area (Å²) in [5.74, 6) is 0.350. The Kier molecular flexibility index (Phi) is 4.01. The van der Waals surface area contributed by atoms with Crippen molar-refractivity contribution in [3.63, 3.8) is 0 Å². The van der Waals surface area contributed by atoms with Gasteiger partial charge in [-0.05, 0) is 18.2 Å². The third kappa shape index (κ3) is 2.87. The molecule has 0 atom stereocenters. The Hall–Kier alpha value is -0.780. The van der Waals surface area contributed by atoms with Gasteiger partial charge in [0.15, 0.2) is 0 Å². The van der Waals surface area contributed by atoms with Crippen LogP contribution in [0.2, 0.25) is 0 Å². The number of alkyl halides is 1. The van der Waals surface area contributed by atoms with Gasteiger partial charge in [0.2, 0.25) is 0 Å². The van der Waals surface area contributed by atoms with Crippen molar-refractivity contribution >= 4 is 34.6 Å². The lowest BCUT2D eigenvalue weighted by molar-refractivity contribution is -0.135. The van der Waals surface area contributed by atoms with Gasteiger partial charge in [-0.15, -0.1) is 0 Å². The minimum absolute atomic E-state index is 0.314. The summed E-state index contributed by atoms with van der Waals surface area (Å²) in [6, 6.07) is 3.56. The van der Waals surface area contributed by atoms with Gasteiger partial charge in [-0.25, -0.2) is 4.79 Å². The average molecular weight is 292 g/mol. The van der Waals surface area contributed by atoms with Gasteiger partial charge in [-0.3, -0.25) is 0 Å². The smallest absolute Gasteiger partial charge is 0.334 e. The topological polar surface area (TPSA) is 39.4 Å². The van der Waals surface area contributed by atoms with Gasteiger partial charge in [0.05, 0.1) is 18.9 Å². The minimum Gasteiger partial charge on any atom is -0.466 e. The zero-order valence-corrected chi connectivity index (χ0v) is 9.28. The highest BCUT2D eigenvalue weighted by atomic mass is 127. The molecule has 0 bridgehead atoms. The Morgan fingerprint density at radius 1 is 1.77 bits per heavy atom. The second-order valence-electron chi connectivity index (χ2n) is 2.31. The van der Waals surface area contributed by atoms with E-state index in [9.17, 15) is 4.79 Å². The molecule has 0 aliphatic heterocycles. The van der Waals surface area contributed by atoms with Gasteiger partial charge >= 0.3 is 5.97 Å². The molecule has 0 radical (unpaired) electrons.